The third-order valence-electron chi connectivity index (χ3n) is 5.23. The molecule has 1 saturated heterocycles. The average Bonchev–Trinajstić information content (AvgIpc) is 3.41. The van der Waals surface area contributed by atoms with Crippen LogP contribution in [0, 0.1) is 0 Å². The van der Waals surface area contributed by atoms with Crippen LogP contribution >= 0.6 is 0 Å². The molecule has 2 rings (SSSR count). The molecule has 1 aliphatic rings. The Hall–Kier alpha value is -3.52. The molecule has 1 fully saturated rings. The molecule has 0 spiro atoms. The minimum Gasteiger partial charge on any atom is -0.480 e. The number of aromatic nitrogens is 2. The molecule has 1 aromatic rings. The van der Waals surface area contributed by atoms with Gasteiger partial charge in [-0.05, 0) is 19.8 Å². The molecular weight excluding hydrogens is 438 g/mol. The Labute approximate surface area is 189 Å². The third-order valence-corrected chi connectivity index (χ3v) is 5.23. The number of rotatable bonds is 11. The van der Waals surface area contributed by atoms with Gasteiger partial charge in [0.25, 0.3) is 0 Å². The molecule has 9 N–H and O–H groups in total. The molecule has 0 aliphatic carbocycles. The zero-order valence-electron chi connectivity index (χ0n) is 18.1. The molecule has 14 nitrogen and oxygen atoms in total. The van der Waals surface area contributed by atoms with Crippen molar-refractivity contribution in [3.05, 3.63) is 18.2 Å². The normalized spacial score (nSPS) is 19.2. The van der Waals surface area contributed by atoms with Gasteiger partial charge in [0.15, 0.2) is 0 Å². The van der Waals surface area contributed by atoms with Crippen molar-refractivity contribution in [3.8, 4) is 0 Å². The molecule has 4 amide bonds. The average molecular weight is 467 g/mol. The number of hydrogen-bond donors (Lipinski definition) is 7. The maximum Gasteiger partial charge on any atom is 0.326 e. The van der Waals surface area contributed by atoms with Crippen LogP contribution in [0.15, 0.2) is 12.5 Å². The largest absolute Gasteiger partial charge is 0.480 e. The quantitative estimate of drug-likeness (QED) is 0.171. The van der Waals surface area contributed by atoms with Crippen molar-refractivity contribution in [3.63, 3.8) is 0 Å². The molecule has 0 radical (unpaired) electrons. The summed E-state index contributed by atoms with van der Waals surface area (Å²) in [4.78, 5) is 68.6. The van der Waals surface area contributed by atoms with E-state index in [1.807, 2.05) is 0 Å². The van der Waals surface area contributed by atoms with Crippen molar-refractivity contribution in [2.45, 2.75) is 62.9 Å². The molecule has 1 aromatic heterocycles. The predicted octanol–water partition coefficient (Wildman–Crippen LogP) is -3.42. The van der Waals surface area contributed by atoms with Crippen molar-refractivity contribution >= 4 is 29.6 Å². The van der Waals surface area contributed by atoms with E-state index >= 15 is 0 Å². The van der Waals surface area contributed by atoms with Crippen LogP contribution < -0.4 is 22.1 Å². The van der Waals surface area contributed by atoms with E-state index in [1.54, 1.807) is 0 Å². The molecule has 0 aromatic carbocycles. The number of H-pyrrole nitrogens is 1. The van der Waals surface area contributed by atoms with Crippen LogP contribution in [-0.2, 0) is 30.4 Å². The lowest BCUT2D eigenvalue weighted by Crippen LogP contribution is -2.60. The number of imidazole rings is 1. The first-order valence-electron chi connectivity index (χ1n) is 10.3. The monoisotopic (exact) mass is 467 g/mol. The van der Waals surface area contributed by atoms with Crippen molar-refractivity contribution in [2.24, 2.45) is 11.5 Å². The van der Waals surface area contributed by atoms with E-state index in [9.17, 15) is 34.2 Å². The number of amides is 4. The Kier molecular flexibility index (Phi) is 8.87. The summed E-state index contributed by atoms with van der Waals surface area (Å²) in [6.07, 6.45) is 1.74. The first-order chi connectivity index (χ1) is 15.5. The summed E-state index contributed by atoms with van der Waals surface area (Å²) in [7, 11) is 0. The highest BCUT2D eigenvalue weighted by Gasteiger charge is 2.39. The van der Waals surface area contributed by atoms with Crippen LogP contribution in [0.2, 0.25) is 0 Å². The molecule has 5 unspecified atom stereocenters. The fraction of sp³-hybridized carbons (Fsp3) is 0.579. The maximum absolute atomic E-state index is 13.2. The molecule has 0 saturated carbocycles. The van der Waals surface area contributed by atoms with E-state index in [0.717, 1.165) is 0 Å². The van der Waals surface area contributed by atoms with Gasteiger partial charge < -0.3 is 42.2 Å². The smallest absolute Gasteiger partial charge is 0.326 e. The van der Waals surface area contributed by atoms with Crippen molar-refractivity contribution in [2.75, 3.05) is 6.54 Å². The molecule has 5 atom stereocenters. The van der Waals surface area contributed by atoms with Gasteiger partial charge in [0.1, 0.15) is 18.1 Å². The second-order valence-electron chi connectivity index (χ2n) is 7.87. The maximum atomic E-state index is 13.2. The van der Waals surface area contributed by atoms with Crippen LogP contribution in [0.4, 0.5) is 0 Å². The number of carboxylic acids is 1. The summed E-state index contributed by atoms with van der Waals surface area (Å²) in [6.45, 7) is 1.46. The van der Waals surface area contributed by atoms with Gasteiger partial charge in [-0.2, -0.15) is 0 Å². The number of aliphatic hydroxyl groups excluding tert-OH is 1. The number of aliphatic hydroxyl groups is 1. The molecule has 14 heteroatoms. The lowest BCUT2D eigenvalue weighted by Gasteiger charge is -2.29. The first kappa shape index (κ1) is 25.7. The number of aromatic amines is 1. The number of carbonyl (C=O) groups is 5. The fourth-order valence-electron chi connectivity index (χ4n) is 3.54. The number of carboxylic acid groups (broad SMARTS) is 1. The van der Waals surface area contributed by atoms with Crippen LogP contribution in [0.1, 0.15) is 31.9 Å². The molecule has 33 heavy (non-hydrogen) atoms. The number of nitrogens with zero attached hydrogens (tertiary/aromatic N) is 2. The summed E-state index contributed by atoms with van der Waals surface area (Å²) in [5, 5.41) is 24.2. The zero-order chi connectivity index (χ0) is 24.7. The van der Waals surface area contributed by atoms with E-state index in [4.69, 9.17) is 11.5 Å². The minimum atomic E-state index is -1.50. The first-order valence-corrected chi connectivity index (χ1v) is 10.3. The van der Waals surface area contributed by atoms with Crippen molar-refractivity contribution in [1.82, 2.24) is 25.5 Å². The van der Waals surface area contributed by atoms with E-state index < -0.39 is 66.3 Å². The number of nitrogens with two attached hydrogens (primary N) is 2. The standard InChI is InChI=1S/C19H29N7O7/c1-9(27)15(25-16(29)11(20)6-14(21)28)17(30)24-12(5-10-7-22-8-23-10)18(31)26-4-2-3-13(26)19(32)33/h7-9,11-13,15,27H,2-6,20H2,1H3,(H2,21,28)(H,22,23)(H,24,30)(H,25,29)(H,32,33). The lowest BCUT2D eigenvalue weighted by molar-refractivity contribution is -0.149. The van der Waals surface area contributed by atoms with E-state index in [-0.39, 0.29) is 19.4 Å². The topological polar surface area (TPSA) is 234 Å². The Balaban J connectivity index is 2.19. The highest BCUT2D eigenvalue weighted by molar-refractivity contribution is 5.95. The number of hydrogen-bond acceptors (Lipinski definition) is 8. The zero-order valence-corrected chi connectivity index (χ0v) is 18.1. The molecular formula is C19H29N7O7. The molecule has 0 bridgehead atoms. The number of aliphatic carboxylic acids is 1. The van der Waals surface area contributed by atoms with Crippen molar-refractivity contribution < 1.29 is 34.2 Å². The van der Waals surface area contributed by atoms with E-state index in [2.05, 4.69) is 20.6 Å². The van der Waals surface area contributed by atoms with Gasteiger partial charge in [-0.25, -0.2) is 9.78 Å². The summed E-state index contributed by atoms with van der Waals surface area (Å²) in [5.74, 6) is -4.38. The van der Waals surface area contributed by atoms with Gasteiger partial charge in [0.2, 0.25) is 23.6 Å². The van der Waals surface area contributed by atoms with E-state index in [0.29, 0.717) is 12.1 Å². The Morgan fingerprint density at radius 2 is 1.97 bits per heavy atom. The van der Waals surface area contributed by atoms with Crippen LogP contribution in [0.5, 0.6) is 0 Å². The van der Waals surface area contributed by atoms with Gasteiger partial charge in [-0.3, -0.25) is 19.2 Å². The highest BCUT2D eigenvalue weighted by atomic mass is 16.4. The summed E-state index contributed by atoms with van der Waals surface area (Å²) >= 11 is 0. The molecule has 2 heterocycles. The van der Waals surface area contributed by atoms with Gasteiger partial charge in [-0.1, -0.05) is 0 Å². The van der Waals surface area contributed by atoms with Crippen molar-refractivity contribution in [1.29, 1.82) is 0 Å². The highest BCUT2D eigenvalue weighted by Crippen LogP contribution is 2.19. The molecule has 1 aliphatic heterocycles. The van der Waals surface area contributed by atoms with Gasteiger partial charge in [0.05, 0.1) is 24.9 Å². The lowest BCUT2D eigenvalue weighted by atomic mass is 10.1. The van der Waals surface area contributed by atoms with Crippen LogP contribution in [0.3, 0.4) is 0 Å². The Morgan fingerprint density at radius 3 is 2.52 bits per heavy atom. The van der Waals surface area contributed by atoms with Gasteiger partial charge in [0, 0.05) is 24.9 Å². The number of carbonyl (C=O) groups excluding carboxylic acids is 4. The second-order valence-corrected chi connectivity index (χ2v) is 7.87. The van der Waals surface area contributed by atoms with Crippen LogP contribution in [0.25, 0.3) is 0 Å². The minimum absolute atomic E-state index is 0.0327. The Morgan fingerprint density at radius 1 is 1.27 bits per heavy atom. The van der Waals surface area contributed by atoms with Gasteiger partial charge >= 0.3 is 5.97 Å². The SMILES string of the molecule is CC(O)C(NC(=O)C(N)CC(N)=O)C(=O)NC(Cc1cnc[nH]1)C(=O)N1CCCC1C(=O)O. The summed E-state index contributed by atoms with van der Waals surface area (Å²) in [5.41, 5.74) is 11.1. The van der Waals surface area contributed by atoms with Crippen LogP contribution in [-0.4, -0.2) is 91.5 Å². The van der Waals surface area contributed by atoms with E-state index in [1.165, 1.54) is 24.3 Å². The fourth-order valence-corrected chi connectivity index (χ4v) is 3.54. The Bertz CT molecular complexity index is 874. The second kappa shape index (κ2) is 11.4. The van der Waals surface area contributed by atoms with Gasteiger partial charge in [-0.15, -0.1) is 0 Å². The number of primary amides is 1. The third kappa shape index (κ3) is 6.98. The summed E-state index contributed by atoms with van der Waals surface area (Å²) < 4.78 is 0. The predicted molar refractivity (Wildman–Crippen MR) is 112 cm³/mol. The summed E-state index contributed by atoms with van der Waals surface area (Å²) in [6, 6.07) is -5.05. The number of likely N-dealkylation sites (tertiary alicyclic amines) is 1. The molecule has 182 valence electrons. The number of nitrogens with one attached hydrogen (secondary N) is 3.